The molecule has 160 valence electrons. The summed E-state index contributed by atoms with van der Waals surface area (Å²) in [5.41, 5.74) is 5.26. The molecule has 2 aromatic carbocycles. The number of aromatic nitrogens is 3. The van der Waals surface area contributed by atoms with E-state index >= 15 is 0 Å². The molecule has 0 aliphatic rings. The molecule has 0 aliphatic carbocycles. The number of fused-ring (bicyclic) bond motifs is 1. The number of benzene rings is 2. The molecule has 0 radical (unpaired) electrons. The molecule has 0 aliphatic heterocycles. The predicted molar refractivity (Wildman–Crippen MR) is 125 cm³/mol. The van der Waals surface area contributed by atoms with Crippen LogP contribution in [0.5, 0.6) is 5.75 Å². The van der Waals surface area contributed by atoms with Crippen molar-refractivity contribution in [1.82, 2.24) is 14.8 Å². The highest BCUT2D eigenvalue weighted by atomic mass is 32.1. The normalized spacial score (nSPS) is 11.1. The van der Waals surface area contributed by atoms with Crippen molar-refractivity contribution >= 4 is 32.6 Å². The van der Waals surface area contributed by atoms with Crippen LogP contribution >= 0.6 is 11.3 Å². The van der Waals surface area contributed by atoms with Crippen molar-refractivity contribution in [3.63, 3.8) is 0 Å². The number of thiazole rings is 1. The van der Waals surface area contributed by atoms with E-state index in [1.54, 1.807) is 29.5 Å². The number of amides is 1. The van der Waals surface area contributed by atoms with Crippen LogP contribution in [0.3, 0.4) is 0 Å². The molecule has 0 fully saturated rings. The van der Waals surface area contributed by atoms with Gasteiger partial charge in [-0.25, -0.2) is 4.98 Å². The van der Waals surface area contributed by atoms with Crippen molar-refractivity contribution in [1.29, 1.82) is 0 Å². The number of hydrogen-bond donors (Lipinski definition) is 0. The fraction of sp³-hybridized carbons (Fsp3) is 0.292. The quantitative estimate of drug-likeness (QED) is 0.423. The van der Waals surface area contributed by atoms with E-state index in [0.29, 0.717) is 19.5 Å². The second-order valence-corrected chi connectivity index (χ2v) is 8.73. The number of nitrogens with zero attached hydrogens (tertiary/aromatic N) is 4. The molecule has 2 heterocycles. The van der Waals surface area contributed by atoms with Crippen LogP contribution < -0.4 is 9.64 Å². The maximum absolute atomic E-state index is 13.4. The summed E-state index contributed by atoms with van der Waals surface area (Å²) < 4.78 is 8.28. The van der Waals surface area contributed by atoms with E-state index in [9.17, 15) is 4.79 Å². The van der Waals surface area contributed by atoms with Crippen molar-refractivity contribution in [2.24, 2.45) is 0 Å². The molecule has 31 heavy (non-hydrogen) atoms. The lowest BCUT2D eigenvalue weighted by Gasteiger charge is -2.20. The number of hydrogen-bond acceptors (Lipinski definition) is 5. The van der Waals surface area contributed by atoms with Gasteiger partial charge in [0.1, 0.15) is 5.75 Å². The van der Waals surface area contributed by atoms with Crippen molar-refractivity contribution in [3.8, 4) is 5.75 Å². The maximum atomic E-state index is 13.4. The molecule has 0 N–H and O–H groups in total. The molecule has 1 amide bonds. The lowest BCUT2D eigenvalue weighted by Crippen LogP contribution is -2.35. The Bertz CT molecular complexity index is 1210. The number of aryl methyl sites for hydroxylation is 3. The topological polar surface area (TPSA) is 60.2 Å². The first-order valence-electron chi connectivity index (χ1n) is 10.2. The second kappa shape index (κ2) is 8.89. The molecule has 0 atom stereocenters. The predicted octanol–water partition coefficient (Wildman–Crippen LogP) is 4.70. The van der Waals surface area contributed by atoms with E-state index in [1.165, 1.54) is 5.56 Å². The molecule has 0 saturated carbocycles. The van der Waals surface area contributed by atoms with Gasteiger partial charge in [-0.1, -0.05) is 29.5 Å². The molecule has 0 spiro atoms. The van der Waals surface area contributed by atoms with Crippen LogP contribution in [0.25, 0.3) is 10.2 Å². The molecule has 0 bridgehead atoms. The zero-order valence-electron chi connectivity index (χ0n) is 18.3. The van der Waals surface area contributed by atoms with E-state index in [4.69, 9.17) is 9.72 Å². The number of carbonyl (C=O) groups is 1. The first-order chi connectivity index (χ1) is 14.9. The standard InChI is InChI=1S/C24H26N4O2S/c1-16-12-18(3)23-21(13-16)31-24(26-23)28(11-10-27-9-5-8-25-27)22(29)15-19-6-7-20(30-4)17(2)14-19/h5-9,12-14H,10-11,15H2,1-4H3. The smallest absolute Gasteiger partial charge is 0.233 e. The summed E-state index contributed by atoms with van der Waals surface area (Å²) in [6.07, 6.45) is 3.95. The van der Waals surface area contributed by atoms with Gasteiger partial charge in [-0.2, -0.15) is 5.10 Å². The fourth-order valence-electron chi connectivity index (χ4n) is 3.76. The Morgan fingerprint density at radius 1 is 1.16 bits per heavy atom. The average Bonchev–Trinajstić information content (AvgIpc) is 3.38. The van der Waals surface area contributed by atoms with Gasteiger partial charge in [0, 0.05) is 18.9 Å². The molecule has 7 heteroatoms. The van der Waals surface area contributed by atoms with Crippen LogP contribution in [0.15, 0.2) is 48.8 Å². The molecular formula is C24H26N4O2S. The molecule has 0 saturated heterocycles. The largest absolute Gasteiger partial charge is 0.496 e. The molecule has 2 aromatic heterocycles. The van der Waals surface area contributed by atoms with Crippen LogP contribution in [-0.2, 0) is 17.8 Å². The van der Waals surface area contributed by atoms with Gasteiger partial charge in [0.25, 0.3) is 0 Å². The van der Waals surface area contributed by atoms with E-state index in [-0.39, 0.29) is 5.91 Å². The van der Waals surface area contributed by atoms with Gasteiger partial charge in [-0.15, -0.1) is 0 Å². The van der Waals surface area contributed by atoms with E-state index in [1.807, 2.05) is 42.1 Å². The van der Waals surface area contributed by atoms with Gasteiger partial charge in [0.05, 0.1) is 30.3 Å². The van der Waals surface area contributed by atoms with E-state index in [2.05, 4.69) is 31.1 Å². The van der Waals surface area contributed by atoms with Crippen molar-refractivity contribution in [2.75, 3.05) is 18.6 Å². The van der Waals surface area contributed by atoms with Gasteiger partial charge in [-0.3, -0.25) is 14.4 Å². The third-order valence-electron chi connectivity index (χ3n) is 5.28. The zero-order valence-corrected chi connectivity index (χ0v) is 19.1. The average molecular weight is 435 g/mol. The number of ether oxygens (including phenoxy) is 1. The highest BCUT2D eigenvalue weighted by Crippen LogP contribution is 2.32. The Hall–Kier alpha value is -3.19. The van der Waals surface area contributed by atoms with E-state index in [0.717, 1.165) is 37.8 Å². The first kappa shape index (κ1) is 21.1. The highest BCUT2D eigenvalue weighted by molar-refractivity contribution is 7.22. The van der Waals surface area contributed by atoms with Gasteiger partial charge in [0.2, 0.25) is 5.91 Å². The van der Waals surface area contributed by atoms with Gasteiger partial charge < -0.3 is 4.74 Å². The zero-order chi connectivity index (χ0) is 22.0. The van der Waals surface area contributed by atoms with E-state index < -0.39 is 0 Å². The monoisotopic (exact) mass is 434 g/mol. The summed E-state index contributed by atoms with van der Waals surface area (Å²) in [6, 6.07) is 12.0. The molecule has 6 nitrogen and oxygen atoms in total. The van der Waals surface area contributed by atoms with Crippen LogP contribution in [-0.4, -0.2) is 34.3 Å². The Morgan fingerprint density at radius 2 is 2.00 bits per heavy atom. The number of methoxy groups -OCH3 is 1. The van der Waals surface area contributed by atoms with Crippen molar-refractivity contribution in [3.05, 3.63) is 71.0 Å². The van der Waals surface area contributed by atoms with Crippen LogP contribution in [0.1, 0.15) is 22.3 Å². The van der Waals surface area contributed by atoms with Crippen LogP contribution in [0.2, 0.25) is 0 Å². The Kier molecular flexibility index (Phi) is 6.04. The van der Waals surface area contributed by atoms with Crippen LogP contribution in [0, 0.1) is 20.8 Å². The summed E-state index contributed by atoms with van der Waals surface area (Å²) in [7, 11) is 1.65. The molecule has 0 unspecified atom stereocenters. The third-order valence-corrected chi connectivity index (χ3v) is 6.30. The minimum Gasteiger partial charge on any atom is -0.496 e. The SMILES string of the molecule is COc1ccc(CC(=O)N(CCn2cccn2)c2nc3c(C)cc(C)cc3s2)cc1C. The summed E-state index contributed by atoms with van der Waals surface area (Å²) in [6.45, 7) is 7.25. The Balaban J connectivity index is 1.64. The summed E-state index contributed by atoms with van der Waals surface area (Å²) >= 11 is 1.56. The maximum Gasteiger partial charge on any atom is 0.233 e. The third kappa shape index (κ3) is 4.61. The number of rotatable bonds is 7. The minimum absolute atomic E-state index is 0.0187. The summed E-state index contributed by atoms with van der Waals surface area (Å²) in [5, 5.41) is 5.00. The minimum atomic E-state index is 0.0187. The fourth-order valence-corrected chi connectivity index (χ4v) is 4.94. The lowest BCUT2D eigenvalue weighted by molar-refractivity contribution is -0.118. The molecule has 4 aromatic rings. The number of anilines is 1. The number of carbonyl (C=O) groups excluding carboxylic acids is 1. The lowest BCUT2D eigenvalue weighted by atomic mass is 10.1. The van der Waals surface area contributed by atoms with Crippen LogP contribution in [0.4, 0.5) is 5.13 Å². The second-order valence-electron chi connectivity index (χ2n) is 7.72. The Labute approximate surface area is 186 Å². The molecular weight excluding hydrogens is 408 g/mol. The summed E-state index contributed by atoms with van der Waals surface area (Å²) in [4.78, 5) is 20.0. The highest BCUT2D eigenvalue weighted by Gasteiger charge is 2.21. The van der Waals surface area contributed by atoms with Gasteiger partial charge in [0.15, 0.2) is 5.13 Å². The van der Waals surface area contributed by atoms with Gasteiger partial charge in [-0.05, 0) is 61.2 Å². The summed E-state index contributed by atoms with van der Waals surface area (Å²) in [5.74, 6) is 0.842. The van der Waals surface area contributed by atoms with Crippen molar-refractivity contribution < 1.29 is 9.53 Å². The first-order valence-corrected chi connectivity index (χ1v) is 11.1. The molecule has 4 rings (SSSR count). The Morgan fingerprint density at radius 3 is 2.71 bits per heavy atom. The van der Waals surface area contributed by atoms with Gasteiger partial charge >= 0.3 is 0 Å². The van der Waals surface area contributed by atoms with Crippen molar-refractivity contribution in [2.45, 2.75) is 33.7 Å².